The topological polar surface area (TPSA) is 151 Å². The molecule has 0 spiro atoms. The van der Waals surface area contributed by atoms with Crippen LogP contribution >= 0.6 is 22.9 Å². The number of rotatable bonds is 7. The van der Waals surface area contributed by atoms with Crippen LogP contribution in [0.2, 0.25) is 4.34 Å². The molecule has 0 bridgehead atoms. The fraction of sp³-hybridized carbons (Fsp3) is 0.240. The number of nitrogens with one attached hydrogen (secondary N) is 3. The minimum atomic E-state index is -0.529. The van der Waals surface area contributed by atoms with Gasteiger partial charge in [-0.15, -0.1) is 16.4 Å². The number of anilines is 1. The van der Waals surface area contributed by atoms with E-state index in [1.54, 1.807) is 41.3 Å². The van der Waals surface area contributed by atoms with Crippen molar-refractivity contribution in [2.45, 2.75) is 25.4 Å². The van der Waals surface area contributed by atoms with Crippen LogP contribution in [-0.2, 0) is 6.54 Å². The highest BCUT2D eigenvalue weighted by molar-refractivity contribution is 7.18. The zero-order valence-electron chi connectivity index (χ0n) is 20.2. The van der Waals surface area contributed by atoms with Gasteiger partial charge in [0, 0.05) is 30.9 Å². The van der Waals surface area contributed by atoms with E-state index in [1.165, 1.54) is 11.3 Å². The minimum Gasteiger partial charge on any atom is -0.370 e. The molecular formula is C25H25ClN8O3S. The van der Waals surface area contributed by atoms with Gasteiger partial charge in [-0.1, -0.05) is 22.9 Å². The summed E-state index contributed by atoms with van der Waals surface area (Å²) in [7, 11) is 0. The predicted octanol–water partition coefficient (Wildman–Crippen LogP) is 2.90. The van der Waals surface area contributed by atoms with E-state index in [-0.39, 0.29) is 24.1 Å². The number of halogens is 1. The number of urea groups is 1. The first-order valence-corrected chi connectivity index (χ1v) is 13.1. The van der Waals surface area contributed by atoms with E-state index in [9.17, 15) is 14.4 Å². The van der Waals surface area contributed by atoms with Crippen LogP contribution in [-0.4, -0.2) is 51.0 Å². The Morgan fingerprint density at radius 1 is 1.16 bits per heavy atom. The molecule has 4 heterocycles. The summed E-state index contributed by atoms with van der Waals surface area (Å²) in [6.07, 6.45) is 4.80. The largest absolute Gasteiger partial charge is 0.370 e. The second-order valence-electron chi connectivity index (χ2n) is 8.83. The van der Waals surface area contributed by atoms with Crippen molar-refractivity contribution in [3.8, 4) is 16.8 Å². The van der Waals surface area contributed by atoms with Crippen molar-refractivity contribution >= 4 is 40.6 Å². The van der Waals surface area contributed by atoms with Gasteiger partial charge in [-0.2, -0.15) is 0 Å². The zero-order chi connectivity index (χ0) is 26.6. The Bertz CT molecular complexity index is 1520. The molecule has 1 aliphatic rings. The second kappa shape index (κ2) is 11.1. The molecule has 0 unspecified atom stereocenters. The van der Waals surface area contributed by atoms with Gasteiger partial charge in [0.2, 0.25) is 0 Å². The number of nitrogens with zero attached hydrogens (tertiary/aromatic N) is 4. The number of amides is 3. The normalized spacial score (nSPS) is 13.9. The van der Waals surface area contributed by atoms with Crippen LogP contribution in [0.3, 0.4) is 0 Å². The van der Waals surface area contributed by atoms with Crippen molar-refractivity contribution in [1.29, 1.82) is 0 Å². The van der Waals surface area contributed by atoms with Crippen LogP contribution in [0.15, 0.2) is 59.7 Å². The lowest BCUT2D eigenvalue weighted by molar-refractivity contribution is 0.0954. The Morgan fingerprint density at radius 3 is 2.68 bits per heavy atom. The van der Waals surface area contributed by atoms with Gasteiger partial charge < -0.3 is 26.3 Å². The highest BCUT2D eigenvalue weighted by atomic mass is 35.5. The number of piperidine rings is 1. The lowest BCUT2D eigenvalue weighted by Crippen LogP contribution is -2.46. The number of nitrogens with two attached hydrogens (primary N) is 1. The first-order chi connectivity index (χ1) is 18.4. The van der Waals surface area contributed by atoms with Gasteiger partial charge >= 0.3 is 6.03 Å². The third kappa shape index (κ3) is 5.71. The summed E-state index contributed by atoms with van der Waals surface area (Å²) in [5, 5.41) is 14.1. The molecule has 3 amide bonds. The number of pyridine rings is 1. The fourth-order valence-electron chi connectivity index (χ4n) is 4.44. The van der Waals surface area contributed by atoms with Crippen LogP contribution in [0, 0.1) is 0 Å². The maximum Gasteiger partial charge on any atom is 0.312 e. The summed E-state index contributed by atoms with van der Waals surface area (Å²) in [6, 6.07) is 12.1. The molecule has 38 heavy (non-hydrogen) atoms. The van der Waals surface area contributed by atoms with Gasteiger partial charge in [0.15, 0.2) is 0 Å². The molecule has 0 aliphatic carbocycles. The van der Waals surface area contributed by atoms with E-state index >= 15 is 0 Å². The van der Waals surface area contributed by atoms with Gasteiger partial charge in [0.05, 0.1) is 33.3 Å². The number of H-pyrrole nitrogens is 1. The molecule has 1 aromatic carbocycles. The predicted molar refractivity (Wildman–Crippen MR) is 146 cm³/mol. The number of primary amides is 1. The average molecular weight is 553 g/mol. The number of aromatic amines is 1. The highest BCUT2D eigenvalue weighted by Gasteiger charge is 2.23. The van der Waals surface area contributed by atoms with Crippen LogP contribution in [0.1, 0.15) is 28.2 Å². The van der Waals surface area contributed by atoms with Crippen molar-refractivity contribution in [2.24, 2.45) is 5.73 Å². The van der Waals surface area contributed by atoms with E-state index in [4.69, 9.17) is 17.3 Å². The van der Waals surface area contributed by atoms with Crippen molar-refractivity contribution in [1.82, 2.24) is 30.6 Å². The molecule has 0 saturated carbocycles. The molecule has 0 radical (unpaired) electrons. The number of carbonyl (C=O) groups is 2. The smallest absolute Gasteiger partial charge is 0.312 e. The summed E-state index contributed by atoms with van der Waals surface area (Å²) in [5.74, 6) is -0.234. The van der Waals surface area contributed by atoms with Crippen molar-refractivity contribution in [3.63, 3.8) is 0 Å². The highest BCUT2D eigenvalue weighted by Crippen LogP contribution is 2.31. The SMILES string of the molecule is NC(=O)NC1CCN(c2cc(-c3ccc[nH]c3=O)ccc2-n2cc(CNC(=O)c3ccc(Cl)s3)nn2)CC1. The summed E-state index contributed by atoms with van der Waals surface area (Å²) in [6.45, 7) is 1.55. The number of hydrogen-bond acceptors (Lipinski definition) is 7. The van der Waals surface area contributed by atoms with Crippen LogP contribution in [0.25, 0.3) is 16.8 Å². The molecule has 5 rings (SSSR count). The second-order valence-corrected chi connectivity index (χ2v) is 10.5. The Hall–Kier alpha value is -4.16. The number of carbonyl (C=O) groups excluding carboxylic acids is 2. The third-order valence-corrected chi connectivity index (χ3v) is 7.53. The van der Waals surface area contributed by atoms with E-state index in [0.29, 0.717) is 33.6 Å². The Balaban J connectivity index is 1.40. The molecule has 196 valence electrons. The molecule has 1 aliphatic heterocycles. The summed E-state index contributed by atoms with van der Waals surface area (Å²) >= 11 is 7.13. The zero-order valence-corrected chi connectivity index (χ0v) is 21.8. The van der Waals surface area contributed by atoms with Crippen molar-refractivity contribution in [2.75, 3.05) is 18.0 Å². The molecule has 3 aromatic heterocycles. The van der Waals surface area contributed by atoms with E-state index in [0.717, 1.165) is 29.8 Å². The van der Waals surface area contributed by atoms with E-state index in [1.807, 2.05) is 18.2 Å². The van der Waals surface area contributed by atoms with E-state index in [2.05, 4.69) is 30.8 Å². The summed E-state index contributed by atoms with van der Waals surface area (Å²) in [4.78, 5) is 41.5. The lowest BCUT2D eigenvalue weighted by Gasteiger charge is -2.34. The fourth-order valence-corrected chi connectivity index (χ4v) is 5.40. The lowest BCUT2D eigenvalue weighted by atomic mass is 10.0. The number of aromatic nitrogens is 4. The minimum absolute atomic E-state index is 0.00663. The van der Waals surface area contributed by atoms with Gasteiger partial charge in [0.1, 0.15) is 5.69 Å². The van der Waals surface area contributed by atoms with Gasteiger partial charge in [0.25, 0.3) is 11.5 Å². The van der Waals surface area contributed by atoms with Crippen molar-refractivity contribution in [3.05, 3.63) is 80.1 Å². The number of benzene rings is 1. The Labute approximate surface area is 226 Å². The molecule has 1 saturated heterocycles. The molecule has 11 nitrogen and oxygen atoms in total. The molecule has 1 fully saturated rings. The van der Waals surface area contributed by atoms with Gasteiger partial charge in [-0.3, -0.25) is 9.59 Å². The van der Waals surface area contributed by atoms with Crippen molar-refractivity contribution < 1.29 is 9.59 Å². The maximum absolute atomic E-state index is 12.5. The summed E-state index contributed by atoms with van der Waals surface area (Å²) < 4.78 is 2.20. The monoisotopic (exact) mass is 552 g/mol. The first kappa shape index (κ1) is 25.5. The van der Waals surface area contributed by atoms with E-state index < -0.39 is 6.03 Å². The first-order valence-electron chi connectivity index (χ1n) is 12.0. The number of hydrogen-bond donors (Lipinski definition) is 4. The molecule has 13 heteroatoms. The van der Waals surface area contributed by atoms with Gasteiger partial charge in [-0.25, -0.2) is 9.48 Å². The Kier molecular flexibility index (Phi) is 7.43. The molecule has 4 aromatic rings. The molecular weight excluding hydrogens is 528 g/mol. The van der Waals surface area contributed by atoms with Crippen LogP contribution in [0.4, 0.5) is 10.5 Å². The number of thiophene rings is 1. The average Bonchev–Trinajstić information content (AvgIpc) is 3.57. The standard InChI is InChI=1S/C25H25ClN8O3S/c26-22-6-5-21(38-22)24(36)29-13-17-14-34(32-31-17)19-4-3-15(18-2-1-9-28-23(18)35)12-20(19)33-10-7-16(8-11-33)30-25(27)37/h1-6,9,12,14,16H,7-8,10-11,13H2,(H,28,35)(H,29,36)(H3,27,30,37). The third-order valence-electron chi connectivity index (χ3n) is 6.30. The van der Waals surface area contributed by atoms with Gasteiger partial charge in [-0.05, 0) is 54.8 Å². The maximum atomic E-state index is 12.5. The Morgan fingerprint density at radius 2 is 1.97 bits per heavy atom. The molecule has 0 atom stereocenters. The van der Waals surface area contributed by atoms with Crippen LogP contribution in [0.5, 0.6) is 0 Å². The quantitative estimate of drug-likeness (QED) is 0.277. The van der Waals surface area contributed by atoms with Crippen LogP contribution < -0.4 is 26.8 Å². The summed E-state index contributed by atoms with van der Waals surface area (Å²) in [5.41, 5.74) is 8.68. The molecule has 5 N–H and O–H groups in total.